The number of anilines is 4. The van der Waals surface area contributed by atoms with Crippen molar-refractivity contribution >= 4 is 56.7 Å². The fourth-order valence-electron chi connectivity index (χ4n) is 4.10. The van der Waals surface area contributed by atoms with E-state index in [0.717, 1.165) is 10.6 Å². The maximum absolute atomic E-state index is 13.1. The molecule has 2 aromatic carbocycles. The predicted octanol–water partition coefficient (Wildman–Crippen LogP) is 8.05. The summed E-state index contributed by atoms with van der Waals surface area (Å²) in [5.74, 6) is 1.38. The van der Waals surface area contributed by atoms with Crippen molar-refractivity contribution in [2.24, 2.45) is 0 Å². The third kappa shape index (κ3) is 7.64. The van der Waals surface area contributed by atoms with E-state index >= 15 is 0 Å². The first kappa shape index (κ1) is 30.4. The molecule has 0 bridgehead atoms. The van der Waals surface area contributed by atoms with E-state index in [9.17, 15) is 9.59 Å². The molecule has 0 saturated heterocycles. The molecule has 0 saturated carbocycles. The highest BCUT2D eigenvalue weighted by Gasteiger charge is 2.18. The summed E-state index contributed by atoms with van der Waals surface area (Å²) in [5, 5.41) is 10.1. The van der Waals surface area contributed by atoms with Crippen LogP contribution in [0.3, 0.4) is 0 Å². The van der Waals surface area contributed by atoms with Crippen molar-refractivity contribution in [3.63, 3.8) is 0 Å². The Labute approximate surface area is 259 Å². The third-order valence-corrected chi connectivity index (χ3v) is 7.00. The summed E-state index contributed by atoms with van der Waals surface area (Å²) in [7, 11) is 0. The molecular weight excluding hydrogens is 578 g/mol. The van der Waals surface area contributed by atoms with Gasteiger partial charge in [0.1, 0.15) is 23.5 Å². The Bertz CT molecular complexity index is 1810. The van der Waals surface area contributed by atoms with E-state index < -0.39 is 11.7 Å². The first-order chi connectivity index (χ1) is 20.9. The van der Waals surface area contributed by atoms with Crippen LogP contribution >= 0.6 is 11.3 Å². The van der Waals surface area contributed by atoms with Gasteiger partial charge in [-0.1, -0.05) is 13.8 Å². The molecular formula is C32H33N7O4S. The summed E-state index contributed by atoms with van der Waals surface area (Å²) in [6.45, 7) is 11.5. The normalized spacial score (nSPS) is 11.3. The van der Waals surface area contributed by atoms with Gasteiger partial charge in [-0.25, -0.2) is 24.7 Å². The number of benzene rings is 2. The number of hydrogen-bond donors (Lipinski definition) is 3. The van der Waals surface area contributed by atoms with Crippen LogP contribution in [-0.2, 0) is 4.74 Å². The number of rotatable bonds is 8. The monoisotopic (exact) mass is 611 g/mol. The molecule has 0 spiro atoms. The van der Waals surface area contributed by atoms with Crippen molar-refractivity contribution in [1.29, 1.82) is 0 Å². The van der Waals surface area contributed by atoms with Gasteiger partial charge in [-0.05, 0) is 88.2 Å². The molecule has 0 aliphatic heterocycles. The van der Waals surface area contributed by atoms with Crippen LogP contribution in [-0.4, -0.2) is 37.5 Å². The number of carbonyl (C=O) groups excluding carboxylic acids is 2. The number of hydrogen-bond acceptors (Lipinski definition) is 10. The van der Waals surface area contributed by atoms with Crippen LogP contribution in [0.25, 0.3) is 11.0 Å². The van der Waals surface area contributed by atoms with Crippen molar-refractivity contribution in [1.82, 2.24) is 19.9 Å². The van der Waals surface area contributed by atoms with Gasteiger partial charge in [0.15, 0.2) is 16.5 Å². The Morgan fingerprint density at radius 3 is 2.39 bits per heavy atom. The molecule has 0 fully saturated rings. The maximum atomic E-state index is 13.1. The Balaban J connectivity index is 1.44. The minimum atomic E-state index is -0.611. The van der Waals surface area contributed by atoms with Gasteiger partial charge in [-0.3, -0.25) is 15.4 Å². The summed E-state index contributed by atoms with van der Waals surface area (Å²) in [6, 6.07) is 15.8. The average Bonchev–Trinajstić information content (AvgIpc) is 3.37. The van der Waals surface area contributed by atoms with Gasteiger partial charge >= 0.3 is 6.09 Å². The lowest BCUT2D eigenvalue weighted by molar-refractivity contribution is 0.0635. The summed E-state index contributed by atoms with van der Waals surface area (Å²) < 4.78 is 11.6. The number of aromatic nitrogens is 4. The average molecular weight is 612 g/mol. The molecule has 0 atom stereocenters. The zero-order chi connectivity index (χ0) is 31.4. The van der Waals surface area contributed by atoms with E-state index in [-0.39, 0.29) is 11.8 Å². The van der Waals surface area contributed by atoms with E-state index in [1.165, 1.54) is 17.7 Å². The molecule has 44 heavy (non-hydrogen) atoms. The topological polar surface area (TPSA) is 140 Å². The molecule has 226 valence electrons. The number of fused-ring (bicyclic) bond motifs is 1. The van der Waals surface area contributed by atoms with Gasteiger partial charge in [0.2, 0.25) is 0 Å². The lowest BCUT2D eigenvalue weighted by Gasteiger charge is -2.19. The summed E-state index contributed by atoms with van der Waals surface area (Å²) in [6.07, 6.45) is 2.60. The van der Waals surface area contributed by atoms with Crippen molar-refractivity contribution in [3.05, 3.63) is 83.3 Å². The smallest absolute Gasteiger partial charge is 0.412 e. The van der Waals surface area contributed by atoms with Crippen LogP contribution in [0.15, 0.2) is 67.1 Å². The first-order valence-corrected chi connectivity index (χ1v) is 14.8. The Morgan fingerprint density at radius 1 is 0.932 bits per heavy atom. The number of nitrogens with one attached hydrogen (secondary N) is 3. The number of nitrogens with zero attached hydrogens (tertiary/aromatic N) is 4. The second kappa shape index (κ2) is 12.6. The van der Waals surface area contributed by atoms with Gasteiger partial charge < -0.3 is 14.8 Å². The zero-order valence-electron chi connectivity index (χ0n) is 25.3. The molecule has 3 heterocycles. The highest BCUT2D eigenvalue weighted by Crippen LogP contribution is 2.35. The first-order valence-electron chi connectivity index (χ1n) is 14.0. The van der Waals surface area contributed by atoms with Crippen molar-refractivity contribution < 1.29 is 19.1 Å². The number of pyridine rings is 1. The molecule has 0 aliphatic rings. The molecule has 3 aromatic heterocycles. The van der Waals surface area contributed by atoms with E-state index in [1.807, 2.05) is 19.1 Å². The van der Waals surface area contributed by atoms with Crippen LogP contribution in [0.2, 0.25) is 0 Å². The summed E-state index contributed by atoms with van der Waals surface area (Å²) >= 11 is 1.39. The van der Waals surface area contributed by atoms with E-state index in [1.54, 1.807) is 69.4 Å². The number of aryl methyl sites for hydroxylation is 1. The van der Waals surface area contributed by atoms with Crippen molar-refractivity contribution in [3.8, 4) is 11.5 Å². The molecule has 3 N–H and O–H groups in total. The largest absolute Gasteiger partial charge is 0.455 e. The highest BCUT2D eigenvalue weighted by atomic mass is 32.1. The van der Waals surface area contributed by atoms with Crippen LogP contribution < -0.4 is 20.7 Å². The lowest BCUT2D eigenvalue weighted by atomic mass is 10.1. The number of amides is 2. The van der Waals surface area contributed by atoms with Gasteiger partial charge in [0, 0.05) is 28.0 Å². The third-order valence-electron chi connectivity index (χ3n) is 6.17. The van der Waals surface area contributed by atoms with Crippen LogP contribution in [0.1, 0.15) is 61.5 Å². The van der Waals surface area contributed by atoms with Gasteiger partial charge in [0.25, 0.3) is 5.91 Å². The minimum absolute atomic E-state index is 0.244. The van der Waals surface area contributed by atoms with Gasteiger partial charge in [-0.2, -0.15) is 0 Å². The van der Waals surface area contributed by atoms with E-state index in [0.29, 0.717) is 50.4 Å². The molecule has 5 rings (SSSR count). The molecule has 0 aliphatic carbocycles. The summed E-state index contributed by atoms with van der Waals surface area (Å²) in [4.78, 5) is 44.0. The number of thiazole rings is 1. The zero-order valence-corrected chi connectivity index (χ0v) is 26.1. The Hall–Kier alpha value is -5.10. The minimum Gasteiger partial charge on any atom is -0.455 e. The Morgan fingerprint density at radius 2 is 1.70 bits per heavy atom. The Kier molecular flexibility index (Phi) is 8.72. The van der Waals surface area contributed by atoms with Gasteiger partial charge in [0.05, 0.1) is 11.1 Å². The van der Waals surface area contributed by atoms with Crippen LogP contribution in [0.4, 0.5) is 27.1 Å². The molecule has 5 aromatic rings. The van der Waals surface area contributed by atoms with Crippen LogP contribution in [0, 0.1) is 6.92 Å². The van der Waals surface area contributed by atoms with E-state index in [2.05, 4.69) is 49.7 Å². The predicted molar refractivity (Wildman–Crippen MR) is 172 cm³/mol. The molecule has 12 heteroatoms. The lowest BCUT2D eigenvalue weighted by Crippen LogP contribution is -2.27. The van der Waals surface area contributed by atoms with E-state index in [4.69, 9.17) is 9.47 Å². The fraction of sp³-hybridized carbons (Fsp3) is 0.250. The maximum Gasteiger partial charge on any atom is 0.412 e. The molecule has 11 nitrogen and oxygen atoms in total. The molecule has 0 radical (unpaired) electrons. The standard InChI is InChI=1S/C32H33N7O4S/c1-18(2)24-13-12-23-27(37-24)34-17-35-28(23)38-25-15-20(29(40)39-30-33-16-19(3)44-30)7-14-26(25)42-22-10-8-21(9-11-22)36-31(41)43-32(4,5)6/h7-18H,1-6H3,(H,36,41)(H,33,39,40)(H,34,35,37,38). The molecule has 2 amide bonds. The second-order valence-electron chi connectivity index (χ2n) is 11.3. The van der Waals surface area contributed by atoms with Crippen molar-refractivity contribution in [2.75, 3.05) is 16.0 Å². The SMILES string of the molecule is Cc1cnc(NC(=O)c2ccc(Oc3ccc(NC(=O)OC(C)(C)C)cc3)c(Nc3ncnc4nc(C(C)C)ccc34)c2)s1. The highest BCUT2D eigenvalue weighted by molar-refractivity contribution is 7.15. The van der Waals surface area contributed by atoms with Gasteiger partial charge in [-0.15, -0.1) is 11.3 Å². The van der Waals surface area contributed by atoms with Crippen molar-refractivity contribution in [2.45, 2.75) is 53.1 Å². The number of carbonyl (C=O) groups is 2. The fourth-order valence-corrected chi connectivity index (χ4v) is 4.76. The number of ether oxygens (including phenoxy) is 2. The van der Waals surface area contributed by atoms with Crippen LogP contribution in [0.5, 0.6) is 11.5 Å². The molecule has 0 unspecified atom stereocenters. The quantitative estimate of drug-likeness (QED) is 0.159. The second-order valence-corrected chi connectivity index (χ2v) is 12.5. The summed E-state index contributed by atoms with van der Waals surface area (Å²) in [5.41, 5.74) is 2.31.